The van der Waals surface area contributed by atoms with Crippen LogP contribution in [0.4, 0.5) is 5.69 Å². The molecular weight excluding hydrogens is 324 g/mol. The quantitative estimate of drug-likeness (QED) is 0.762. The fraction of sp³-hybridized carbons (Fsp3) is 0.167. The summed E-state index contributed by atoms with van der Waals surface area (Å²) in [5, 5.41) is 7.58. The van der Waals surface area contributed by atoms with E-state index in [1.165, 1.54) is 6.33 Å². The molecule has 1 atom stereocenters. The van der Waals surface area contributed by atoms with Gasteiger partial charge in [-0.2, -0.15) is 5.10 Å². The standard InChI is InChI=1S/C18H17ClN4O/c1-13(14-5-3-2-4-6-14)9-18(24)22-16-10-15(19)7-8-17(16)23-12-20-11-21-23/h2-8,10-13H,9H2,1H3,(H,22,24). The fourth-order valence-electron chi connectivity index (χ4n) is 2.52. The van der Waals surface area contributed by atoms with Crippen molar-refractivity contribution in [2.24, 2.45) is 0 Å². The maximum absolute atomic E-state index is 12.4. The van der Waals surface area contributed by atoms with Gasteiger partial charge in [0.2, 0.25) is 5.91 Å². The SMILES string of the molecule is CC(CC(=O)Nc1cc(Cl)ccc1-n1cncn1)c1ccccc1. The largest absolute Gasteiger partial charge is 0.324 e. The molecule has 2 aromatic carbocycles. The number of rotatable bonds is 5. The maximum Gasteiger partial charge on any atom is 0.225 e. The van der Waals surface area contributed by atoms with Gasteiger partial charge in [0.25, 0.3) is 0 Å². The van der Waals surface area contributed by atoms with Crippen LogP contribution in [0.3, 0.4) is 0 Å². The minimum Gasteiger partial charge on any atom is -0.324 e. The Morgan fingerprint density at radius 3 is 2.75 bits per heavy atom. The van der Waals surface area contributed by atoms with Gasteiger partial charge in [0.1, 0.15) is 12.7 Å². The van der Waals surface area contributed by atoms with Crippen LogP contribution in [0, 0.1) is 0 Å². The number of anilines is 1. The summed E-state index contributed by atoms with van der Waals surface area (Å²) in [6.45, 7) is 2.03. The Hall–Kier alpha value is -2.66. The monoisotopic (exact) mass is 340 g/mol. The minimum atomic E-state index is -0.0741. The number of carbonyl (C=O) groups is 1. The van der Waals surface area contributed by atoms with Crippen LogP contribution in [-0.2, 0) is 4.79 Å². The molecule has 0 aliphatic heterocycles. The van der Waals surface area contributed by atoms with E-state index in [4.69, 9.17) is 11.6 Å². The molecule has 0 bridgehead atoms. The minimum absolute atomic E-state index is 0.0741. The van der Waals surface area contributed by atoms with Gasteiger partial charge in [-0.1, -0.05) is 48.9 Å². The van der Waals surface area contributed by atoms with Gasteiger partial charge in [0.05, 0.1) is 11.4 Å². The first-order valence-electron chi connectivity index (χ1n) is 7.63. The summed E-state index contributed by atoms with van der Waals surface area (Å²) < 4.78 is 1.59. The van der Waals surface area contributed by atoms with Crippen molar-refractivity contribution in [1.82, 2.24) is 14.8 Å². The van der Waals surface area contributed by atoms with Gasteiger partial charge in [0, 0.05) is 11.4 Å². The Morgan fingerprint density at radius 2 is 2.04 bits per heavy atom. The van der Waals surface area contributed by atoms with E-state index in [1.54, 1.807) is 29.2 Å². The van der Waals surface area contributed by atoms with Gasteiger partial charge in [0.15, 0.2) is 0 Å². The van der Waals surface area contributed by atoms with Gasteiger partial charge in [-0.25, -0.2) is 9.67 Å². The first kappa shape index (κ1) is 16.2. The van der Waals surface area contributed by atoms with E-state index in [1.807, 2.05) is 37.3 Å². The van der Waals surface area contributed by atoms with E-state index in [0.717, 1.165) is 11.3 Å². The first-order valence-corrected chi connectivity index (χ1v) is 8.00. The van der Waals surface area contributed by atoms with E-state index < -0.39 is 0 Å². The predicted octanol–water partition coefficient (Wildman–Crippen LogP) is 4.05. The summed E-state index contributed by atoms with van der Waals surface area (Å²) in [7, 11) is 0. The van der Waals surface area contributed by atoms with Gasteiger partial charge < -0.3 is 5.32 Å². The van der Waals surface area contributed by atoms with Gasteiger partial charge >= 0.3 is 0 Å². The average Bonchev–Trinajstić information content (AvgIpc) is 3.10. The van der Waals surface area contributed by atoms with Crippen LogP contribution < -0.4 is 5.32 Å². The van der Waals surface area contributed by atoms with Crippen LogP contribution in [-0.4, -0.2) is 20.7 Å². The number of nitrogens with zero attached hydrogens (tertiary/aromatic N) is 3. The molecule has 3 aromatic rings. The first-order chi connectivity index (χ1) is 11.6. The van der Waals surface area contributed by atoms with Crippen molar-refractivity contribution in [2.45, 2.75) is 19.3 Å². The number of hydrogen-bond donors (Lipinski definition) is 1. The fourth-order valence-corrected chi connectivity index (χ4v) is 2.69. The van der Waals surface area contributed by atoms with Crippen LogP contribution in [0.15, 0.2) is 61.2 Å². The summed E-state index contributed by atoms with van der Waals surface area (Å²) in [5.74, 6) is 0.0511. The number of hydrogen-bond acceptors (Lipinski definition) is 3. The number of nitrogens with one attached hydrogen (secondary N) is 1. The van der Waals surface area contributed by atoms with Crippen molar-refractivity contribution in [2.75, 3.05) is 5.32 Å². The normalized spacial score (nSPS) is 11.9. The molecule has 1 unspecified atom stereocenters. The Morgan fingerprint density at radius 1 is 1.25 bits per heavy atom. The summed E-state index contributed by atoms with van der Waals surface area (Å²) in [5.41, 5.74) is 2.46. The van der Waals surface area contributed by atoms with Crippen LogP contribution >= 0.6 is 11.6 Å². The molecule has 0 spiro atoms. The molecule has 122 valence electrons. The summed E-state index contributed by atoms with van der Waals surface area (Å²) in [6.07, 6.45) is 3.40. The van der Waals surface area contributed by atoms with E-state index in [-0.39, 0.29) is 11.8 Å². The van der Waals surface area contributed by atoms with Crippen LogP contribution in [0.2, 0.25) is 5.02 Å². The second kappa shape index (κ2) is 7.27. The lowest BCUT2D eigenvalue weighted by atomic mass is 9.97. The summed E-state index contributed by atoms with van der Waals surface area (Å²) in [4.78, 5) is 16.4. The van der Waals surface area contributed by atoms with Crippen molar-refractivity contribution in [3.05, 3.63) is 71.8 Å². The number of halogens is 1. The highest BCUT2D eigenvalue weighted by atomic mass is 35.5. The van der Waals surface area contributed by atoms with E-state index in [0.29, 0.717) is 17.1 Å². The van der Waals surface area contributed by atoms with Crippen molar-refractivity contribution in [1.29, 1.82) is 0 Å². The predicted molar refractivity (Wildman–Crippen MR) is 94.5 cm³/mol. The van der Waals surface area contributed by atoms with Gasteiger partial charge in [-0.3, -0.25) is 4.79 Å². The average molecular weight is 341 g/mol. The van der Waals surface area contributed by atoms with Crippen molar-refractivity contribution >= 4 is 23.2 Å². The molecule has 0 aliphatic rings. The highest BCUT2D eigenvalue weighted by molar-refractivity contribution is 6.31. The number of amides is 1. The van der Waals surface area contributed by atoms with Gasteiger partial charge in [-0.05, 0) is 29.7 Å². The van der Waals surface area contributed by atoms with E-state index in [2.05, 4.69) is 15.4 Å². The molecule has 0 radical (unpaired) electrons. The second-order valence-electron chi connectivity index (χ2n) is 5.57. The third-order valence-electron chi connectivity index (χ3n) is 3.76. The molecular formula is C18H17ClN4O. The molecule has 5 nitrogen and oxygen atoms in total. The molecule has 1 heterocycles. The lowest BCUT2D eigenvalue weighted by Gasteiger charge is -2.14. The number of carbonyl (C=O) groups excluding carboxylic acids is 1. The highest BCUT2D eigenvalue weighted by Gasteiger charge is 2.14. The van der Waals surface area contributed by atoms with Crippen LogP contribution in [0.1, 0.15) is 24.8 Å². The van der Waals surface area contributed by atoms with Crippen molar-refractivity contribution in [3.8, 4) is 5.69 Å². The Kier molecular flexibility index (Phi) is 4.91. The molecule has 0 fully saturated rings. The highest BCUT2D eigenvalue weighted by Crippen LogP contribution is 2.25. The Labute approximate surface area is 145 Å². The number of benzene rings is 2. The van der Waals surface area contributed by atoms with E-state index >= 15 is 0 Å². The molecule has 6 heteroatoms. The van der Waals surface area contributed by atoms with Crippen LogP contribution in [0.5, 0.6) is 0 Å². The maximum atomic E-state index is 12.4. The topological polar surface area (TPSA) is 59.8 Å². The van der Waals surface area contributed by atoms with Gasteiger partial charge in [-0.15, -0.1) is 0 Å². The lowest BCUT2D eigenvalue weighted by Crippen LogP contribution is -2.16. The molecule has 1 N–H and O–H groups in total. The zero-order valence-corrected chi connectivity index (χ0v) is 13.9. The Bertz CT molecular complexity index is 818. The van der Waals surface area contributed by atoms with Crippen LogP contribution in [0.25, 0.3) is 5.69 Å². The smallest absolute Gasteiger partial charge is 0.225 e. The zero-order valence-electron chi connectivity index (χ0n) is 13.2. The summed E-state index contributed by atoms with van der Waals surface area (Å²) >= 11 is 6.07. The van der Waals surface area contributed by atoms with Crippen molar-refractivity contribution in [3.63, 3.8) is 0 Å². The van der Waals surface area contributed by atoms with Crippen molar-refractivity contribution < 1.29 is 4.79 Å². The van der Waals surface area contributed by atoms with E-state index in [9.17, 15) is 4.79 Å². The molecule has 1 aromatic heterocycles. The molecule has 24 heavy (non-hydrogen) atoms. The Balaban J connectivity index is 1.76. The third kappa shape index (κ3) is 3.81. The molecule has 1 amide bonds. The molecule has 0 saturated carbocycles. The zero-order chi connectivity index (χ0) is 16.9. The summed E-state index contributed by atoms with van der Waals surface area (Å²) in [6, 6.07) is 15.2. The molecule has 0 aliphatic carbocycles. The third-order valence-corrected chi connectivity index (χ3v) is 3.99. The molecule has 0 saturated heterocycles. The molecule has 3 rings (SSSR count). The lowest BCUT2D eigenvalue weighted by molar-refractivity contribution is -0.116. The second-order valence-corrected chi connectivity index (χ2v) is 6.00. The number of aromatic nitrogens is 3.